The molecule has 1 aliphatic rings. The molecule has 1 N–H and O–H groups in total. The van der Waals surface area contributed by atoms with Crippen LogP contribution in [0.5, 0.6) is 0 Å². The van der Waals surface area contributed by atoms with Gasteiger partial charge in [0.1, 0.15) is 0 Å². The number of rotatable bonds is 13. The van der Waals surface area contributed by atoms with Crippen LogP contribution in [0.15, 0.2) is 0 Å². The lowest BCUT2D eigenvalue weighted by Gasteiger charge is -2.33. The number of nitrogens with zero attached hydrogens (tertiary/aromatic N) is 1. The molecule has 0 spiro atoms. The molecule has 0 bridgehead atoms. The minimum atomic E-state index is 0.270. The van der Waals surface area contributed by atoms with Crippen LogP contribution >= 0.6 is 0 Å². The van der Waals surface area contributed by atoms with Crippen molar-refractivity contribution in [2.75, 3.05) is 52.6 Å². The largest absolute Gasteiger partial charge is 0.381 e. The summed E-state index contributed by atoms with van der Waals surface area (Å²) in [6, 6.07) is 0.633. The van der Waals surface area contributed by atoms with E-state index in [9.17, 15) is 0 Å². The zero-order chi connectivity index (χ0) is 20.2. The third kappa shape index (κ3) is 15.4. The van der Waals surface area contributed by atoms with Crippen molar-refractivity contribution >= 4 is 0 Å². The molecule has 4 heteroatoms. The average Bonchev–Trinajstić information content (AvgIpc) is 2.55. The molecule has 1 saturated heterocycles. The lowest BCUT2D eigenvalue weighted by Crippen LogP contribution is -2.47. The predicted octanol–water partition coefficient (Wildman–Crippen LogP) is 4.73. The Morgan fingerprint density at radius 1 is 0.889 bits per heavy atom. The van der Waals surface area contributed by atoms with E-state index in [1.54, 1.807) is 0 Å². The second-order valence-electron chi connectivity index (χ2n) is 10.7. The van der Waals surface area contributed by atoms with E-state index < -0.39 is 0 Å². The number of piperidine rings is 1. The third-order valence-corrected chi connectivity index (χ3v) is 4.96. The van der Waals surface area contributed by atoms with Crippen molar-refractivity contribution in [1.82, 2.24) is 10.2 Å². The minimum absolute atomic E-state index is 0.270. The lowest BCUT2D eigenvalue weighted by atomic mass is 9.90. The maximum atomic E-state index is 5.86. The van der Waals surface area contributed by atoms with E-state index in [2.05, 4.69) is 51.8 Å². The van der Waals surface area contributed by atoms with Crippen LogP contribution in [-0.4, -0.2) is 63.5 Å². The van der Waals surface area contributed by atoms with Gasteiger partial charge in [0.15, 0.2) is 0 Å². The van der Waals surface area contributed by atoms with Gasteiger partial charge in [0.05, 0.1) is 13.2 Å². The Bertz CT molecular complexity index is 360. The van der Waals surface area contributed by atoms with Crippen LogP contribution in [0, 0.1) is 10.8 Å². The quantitative estimate of drug-likeness (QED) is 0.466. The number of nitrogens with one attached hydrogen (secondary N) is 1. The van der Waals surface area contributed by atoms with Crippen molar-refractivity contribution in [2.45, 2.75) is 86.1 Å². The van der Waals surface area contributed by atoms with E-state index in [1.807, 2.05) is 0 Å². The first-order valence-corrected chi connectivity index (χ1v) is 11.3. The summed E-state index contributed by atoms with van der Waals surface area (Å²) in [5.74, 6) is 0. The van der Waals surface area contributed by atoms with Crippen LogP contribution in [0.25, 0.3) is 0 Å². The molecule has 1 rings (SSSR count). The molecule has 27 heavy (non-hydrogen) atoms. The van der Waals surface area contributed by atoms with E-state index >= 15 is 0 Å². The first-order chi connectivity index (χ1) is 12.7. The Labute approximate surface area is 169 Å². The SMILES string of the molecule is CC(C)(C)CCCCOCCN1CCCC(NCCCOCC(C)(C)C)C1. The number of hydrogen-bond donors (Lipinski definition) is 1. The molecule has 0 radical (unpaired) electrons. The zero-order valence-electron chi connectivity index (χ0n) is 19.2. The molecule has 4 nitrogen and oxygen atoms in total. The van der Waals surface area contributed by atoms with Crippen molar-refractivity contribution in [3.63, 3.8) is 0 Å². The van der Waals surface area contributed by atoms with Crippen LogP contribution in [0.4, 0.5) is 0 Å². The molecule has 0 aromatic carbocycles. The number of likely N-dealkylation sites (tertiary alicyclic amines) is 1. The van der Waals surface area contributed by atoms with Crippen molar-refractivity contribution in [3.8, 4) is 0 Å². The maximum absolute atomic E-state index is 5.86. The fourth-order valence-electron chi connectivity index (χ4n) is 3.44. The summed E-state index contributed by atoms with van der Waals surface area (Å²) >= 11 is 0. The van der Waals surface area contributed by atoms with Crippen molar-refractivity contribution in [2.24, 2.45) is 10.8 Å². The standard InChI is InChI=1S/C23H48N2O2/c1-22(2,3)12-7-8-16-26-18-15-25-14-9-11-21(19-25)24-13-10-17-27-20-23(4,5)6/h21,24H,7-20H2,1-6H3. The summed E-state index contributed by atoms with van der Waals surface area (Å²) in [5, 5.41) is 3.72. The molecule has 0 aromatic heterocycles. The van der Waals surface area contributed by atoms with E-state index in [0.29, 0.717) is 11.5 Å². The van der Waals surface area contributed by atoms with Gasteiger partial charge in [-0.2, -0.15) is 0 Å². The van der Waals surface area contributed by atoms with Crippen molar-refractivity contribution < 1.29 is 9.47 Å². The van der Waals surface area contributed by atoms with Gasteiger partial charge >= 0.3 is 0 Å². The van der Waals surface area contributed by atoms with Crippen molar-refractivity contribution in [3.05, 3.63) is 0 Å². The Kier molecular flexibility index (Phi) is 12.1. The zero-order valence-corrected chi connectivity index (χ0v) is 19.2. The summed E-state index contributed by atoms with van der Waals surface area (Å²) in [7, 11) is 0. The average molecular weight is 385 g/mol. The van der Waals surface area contributed by atoms with E-state index in [1.165, 1.54) is 38.6 Å². The highest BCUT2D eigenvalue weighted by molar-refractivity contribution is 4.78. The second-order valence-corrected chi connectivity index (χ2v) is 10.7. The van der Waals surface area contributed by atoms with Gasteiger partial charge in [-0.05, 0) is 56.0 Å². The van der Waals surface area contributed by atoms with Gasteiger partial charge in [0.2, 0.25) is 0 Å². The molecular formula is C23H48N2O2. The molecule has 0 saturated carbocycles. The van der Waals surface area contributed by atoms with E-state index in [0.717, 1.165) is 52.5 Å². The number of ether oxygens (including phenoxy) is 2. The number of unbranched alkanes of at least 4 members (excludes halogenated alkanes) is 1. The van der Waals surface area contributed by atoms with Gasteiger partial charge in [0, 0.05) is 32.3 Å². The van der Waals surface area contributed by atoms with E-state index in [4.69, 9.17) is 9.47 Å². The molecular weight excluding hydrogens is 336 g/mol. The highest BCUT2D eigenvalue weighted by atomic mass is 16.5. The molecule has 1 aliphatic heterocycles. The van der Waals surface area contributed by atoms with Crippen LogP contribution in [0.1, 0.15) is 80.1 Å². The second kappa shape index (κ2) is 13.1. The molecule has 1 heterocycles. The van der Waals surface area contributed by atoms with Crippen molar-refractivity contribution in [1.29, 1.82) is 0 Å². The highest BCUT2D eigenvalue weighted by Gasteiger charge is 2.19. The third-order valence-electron chi connectivity index (χ3n) is 4.96. The predicted molar refractivity (Wildman–Crippen MR) is 116 cm³/mol. The minimum Gasteiger partial charge on any atom is -0.381 e. The molecule has 0 amide bonds. The monoisotopic (exact) mass is 384 g/mol. The normalized spacial score (nSPS) is 19.6. The van der Waals surface area contributed by atoms with Crippen LogP contribution < -0.4 is 5.32 Å². The first kappa shape index (κ1) is 24.9. The van der Waals surface area contributed by atoms with Gasteiger partial charge in [-0.15, -0.1) is 0 Å². The lowest BCUT2D eigenvalue weighted by molar-refractivity contribution is 0.0678. The van der Waals surface area contributed by atoms with E-state index in [-0.39, 0.29) is 5.41 Å². The molecule has 162 valence electrons. The summed E-state index contributed by atoms with van der Waals surface area (Å²) in [6.07, 6.45) is 7.45. The summed E-state index contributed by atoms with van der Waals surface area (Å²) in [4.78, 5) is 2.56. The molecule has 0 aliphatic carbocycles. The fourth-order valence-corrected chi connectivity index (χ4v) is 3.44. The Hall–Kier alpha value is -0.160. The molecule has 1 unspecified atom stereocenters. The van der Waals surface area contributed by atoms with Crippen LogP contribution in [0.2, 0.25) is 0 Å². The van der Waals surface area contributed by atoms with Gasteiger partial charge in [-0.1, -0.05) is 48.0 Å². The number of hydrogen-bond acceptors (Lipinski definition) is 4. The Morgan fingerprint density at radius 2 is 1.63 bits per heavy atom. The molecule has 0 aromatic rings. The van der Waals surface area contributed by atoms with Gasteiger partial charge < -0.3 is 14.8 Å². The van der Waals surface area contributed by atoms with Crippen LogP contribution in [-0.2, 0) is 9.47 Å². The summed E-state index contributed by atoms with van der Waals surface area (Å²) < 4.78 is 11.6. The Balaban J connectivity index is 1.98. The highest BCUT2D eigenvalue weighted by Crippen LogP contribution is 2.21. The first-order valence-electron chi connectivity index (χ1n) is 11.3. The molecule has 1 atom stereocenters. The van der Waals surface area contributed by atoms with Gasteiger partial charge in [-0.3, -0.25) is 4.90 Å². The molecule has 1 fully saturated rings. The smallest absolute Gasteiger partial charge is 0.0593 e. The maximum Gasteiger partial charge on any atom is 0.0593 e. The summed E-state index contributed by atoms with van der Waals surface area (Å²) in [5.41, 5.74) is 0.723. The van der Waals surface area contributed by atoms with Gasteiger partial charge in [0.25, 0.3) is 0 Å². The summed E-state index contributed by atoms with van der Waals surface area (Å²) in [6.45, 7) is 21.6. The van der Waals surface area contributed by atoms with Gasteiger partial charge in [-0.25, -0.2) is 0 Å². The fraction of sp³-hybridized carbons (Fsp3) is 1.00. The Morgan fingerprint density at radius 3 is 2.33 bits per heavy atom. The van der Waals surface area contributed by atoms with Crippen LogP contribution in [0.3, 0.4) is 0 Å². The topological polar surface area (TPSA) is 33.7 Å².